The second-order valence-corrected chi connectivity index (χ2v) is 6.27. The minimum absolute atomic E-state index is 0.237. The highest BCUT2D eigenvalue weighted by Crippen LogP contribution is 2.31. The number of rotatable bonds is 4. The van der Waals surface area contributed by atoms with Gasteiger partial charge >= 0.3 is 0 Å². The van der Waals surface area contributed by atoms with Gasteiger partial charge in [-0.15, -0.1) is 11.3 Å². The highest BCUT2D eigenvalue weighted by molar-refractivity contribution is 7.16. The Kier molecular flexibility index (Phi) is 4.17. The molecule has 0 aliphatic carbocycles. The van der Waals surface area contributed by atoms with Crippen molar-refractivity contribution in [1.82, 2.24) is 4.98 Å². The lowest BCUT2D eigenvalue weighted by Gasteiger charge is -2.09. The second kappa shape index (κ2) is 6.07. The molecule has 1 N–H and O–H groups in total. The topological polar surface area (TPSA) is 34.1 Å². The van der Waals surface area contributed by atoms with Gasteiger partial charge < -0.3 is 10.1 Å². The Balaban J connectivity index is 1.75. The van der Waals surface area contributed by atoms with E-state index in [4.69, 9.17) is 4.74 Å². The van der Waals surface area contributed by atoms with E-state index in [1.807, 2.05) is 6.92 Å². The van der Waals surface area contributed by atoms with E-state index in [2.05, 4.69) is 10.3 Å². The molecular formula is C15H16F2N2OS. The van der Waals surface area contributed by atoms with E-state index >= 15 is 0 Å². The Hall–Kier alpha value is -1.53. The molecule has 2 heterocycles. The van der Waals surface area contributed by atoms with Crippen molar-refractivity contribution >= 4 is 16.5 Å². The minimum Gasteiger partial charge on any atom is -0.376 e. The molecule has 2 aromatic rings. The number of aromatic nitrogens is 1. The van der Waals surface area contributed by atoms with E-state index in [0.29, 0.717) is 11.3 Å². The SMILES string of the molecule is Cc1sc(NCC2CCCO2)nc1-c1ccc(F)c(F)c1. The maximum Gasteiger partial charge on any atom is 0.183 e. The van der Waals surface area contributed by atoms with Crippen LogP contribution in [-0.4, -0.2) is 24.2 Å². The molecule has 1 aromatic heterocycles. The molecule has 1 aromatic carbocycles. The summed E-state index contributed by atoms with van der Waals surface area (Å²) < 4.78 is 31.9. The van der Waals surface area contributed by atoms with Crippen molar-refractivity contribution in [2.24, 2.45) is 0 Å². The van der Waals surface area contributed by atoms with Crippen LogP contribution in [0, 0.1) is 18.6 Å². The van der Waals surface area contributed by atoms with Crippen molar-refractivity contribution in [2.75, 3.05) is 18.5 Å². The largest absolute Gasteiger partial charge is 0.376 e. The normalized spacial score (nSPS) is 18.1. The van der Waals surface area contributed by atoms with Gasteiger partial charge in [-0.1, -0.05) is 0 Å². The first-order valence-electron chi connectivity index (χ1n) is 6.92. The maximum atomic E-state index is 13.3. The number of thiazole rings is 1. The molecule has 0 radical (unpaired) electrons. The first-order chi connectivity index (χ1) is 10.1. The number of halogens is 2. The Bertz CT molecular complexity index is 639. The van der Waals surface area contributed by atoms with E-state index in [0.717, 1.165) is 42.1 Å². The van der Waals surface area contributed by atoms with Crippen molar-refractivity contribution in [2.45, 2.75) is 25.9 Å². The molecule has 3 rings (SSSR count). The highest BCUT2D eigenvalue weighted by atomic mass is 32.1. The lowest BCUT2D eigenvalue weighted by molar-refractivity contribution is 0.120. The van der Waals surface area contributed by atoms with Crippen molar-refractivity contribution in [1.29, 1.82) is 0 Å². The molecule has 1 atom stereocenters. The molecule has 0 spiro atoms. The number of hydrogen-bond donors (Lipinski definition) is 1. The third-order valence-electron chi connectivity index (χ3n) is 3.49. The molecule has 6 heteroatoms. The molecule has 21 heavy (non-hydrogen) atoms. The van der Waals surface area contributed by atoms with Crippen LogP contribution in [-0.2, 0) is 4.74 Å². The number of benzene rings is 1. The van der Waals surface area contributed by atoms with Gasteiger partial charge in [0.15, 0.2) is 16.8 Å². The molecular weight excluding hydrogens is 294 g/mol. The van der Waals surface area contributed by atoms with E-state index < -0.39 is 11.6 Å². The van der Waals surface area contributed by atoms with E-state index in [1.165, 1.54) is 17.4 Å². The fourth-order valence-corrected chi connectivity index (χ4v) is 3.23. The van der Waals surface area contributed by atoms with E-state index in [9.17, 15) is 8.78 Å². The Morgan fingerprint density at radius 3 is 2.95 bits per heavy atom. The molecule has 0 amide bonds. The Morgan fingerprint density at radius 2 is 2.24 bits per heavy atom. The first kappa shape index (κ1) is 14.4. The summed E-state index contributed by atoms with van der Waals surface area (Å²) in [4.78, 5) is 5.44. The summed E-state index contributed by atoms with van der Waals surface area (Å²) in [5, 5.41) is 4.04. The van der Waals surface area contributed by atoms with Gasteiger partial charge in [-0.25, -0.2) is 13.8 Å². The number of aryl methyl sites for hydroxylation is 1. The zero-order chi connectivity index (χ0) is 14.8. The third-order valence-corrected chi connectivity index (χ3v) is 4.42. The van der Waals surface area contributed by atoms with Crippen LogP contribution in [0.2, 0.25) is 0 Å². The molecule has 1 aliphatic rings. The summed E-state index contributed by atoms with van der Waals surface area (Å²) in [5.74, 6) is -1.70. The highest BCUT2D eigenvalue weighted by Gasteiger charge is 2.17. The predicted octanol–water partition coefficient (Wildman–Crippen LogP) is 3.99. The van der Waals surface area contributed by atoms with Crippen LogP contribution in [0.1, 0.15) is 17.7 Å². The minimum atomic E-state index is -0.853. The van der Waals surface area contributed by atoms with Gasteiger partial charge in [0.1, 0.15) is 0 Å². The quantitative estimate of drug-likeness (QED) is 0.927. The average molecular weight is 310 g/mol. The van der Waals surface area contributed by atoms with Gasteiger partial charge in [0.05, 0.1) is 11.8 Å². The Labute approximate surface area is 126 Å². The van der Waals surface area contributed by atoms with Crippen LogP contribution < -0.4 is 5.32 Å². The summed E-state index contributed by atoms with van der Waals surface area (Å²) >= 11 is 1.51. The van der Waals surface area contributed by atoms with Crippen LogP contribution in [0.25, 0.3) is 11.3 Å². The summed E-state index contributed by atoms with van der Waals surface area (Å²) in [5.41, 5.74) is 1.28. The first-order valence-corrected chi connectivity index (χ1v) is 7.73. The third kappa shape index (κ3) is 3.22. The molecule has 1 fully saturated rings. The molecule has 1 saturated heterocycles. The summed E-state index contributed by atoms with van der Waals surface area (Å²) in [6, 6.07) is 3.86. The maximum absolute atomic E-state index is 13.3. The Morgan fingerprint density at radius 1 is 1.38 bits per heavy atom. The van der Waals surface area contributed by atoms with Gasteiger partial charge in [-0.3, -0.25) is 0 Å². The van der Waals surface area contributed by atoms with Crippen LogP contribution in [0.3, 0.4) is 0 Å². The smallest absolute Gasteiger partial charge is 0.183 e. The van der Waals surface area contributed by atoms with Gasteiger partial charge in [0.2, 0.25) is 0 Å². The van der Waals surface area contributed by atoms with Gasteiger partial charge in [0.25, 0.3) is 0 Å². The van der Waals surface area contributed by atoms with E-state index in [1.54, 1.807) is 6.07 Å². The van der Waals surface area contributed by atoms with Crippen molar-refractivity contribution in [3.8, 4) is 11.3 Å². The monoisotopic (exact) mass is 310 g/mol. The molecule has 3 nitrogen and oxygen atoms in total. The number of ether oxygens (including phenoxy) is 1. The van der Waals surface area contributed by atoms with Crippen molar-refractivity contribution in [3.63, 3.8) is 0 Å². The predicted molar refractivity (Wildman–Crippen MR) is 79.7 cm³/mol. The zero-order valence-corrected chi connectivity index (χ0v) is 12.5. The fourth-order valence-electron chi connectivity index (χ4n) is 2.39. The van der Waals surface area contributed by atoms with Crippen molar-refractivity contribution < 1.29 is 13.5 Å². The van der Waals surface area contributed by atoms with Gasteiger partial charge in [0, 0.05) is 23.6 Å². The second-order valence-electron chi connectivity index (χ2n) is 5.07. The number of nitrogens with zero attached hydrogens (tertiary/aromatic N) is 1. The van der Waals surface area contributed by atoms with Crippen molar-refractivity contribution in [3.05, 3.63) is 34.7 Å². The number of hydrogen-bond acceptors (Lipinski definition) is 4. The zero-order valence-electron chi connectivity index (χ0n) is 11.7. The lowest BCUT2D eigenvalue weighted by atomic mass is 10.1. The fraction of sp³-hybridized carbons (Fsp3) is 0.400. The van der Waals surface area contributed by atoms with Gasteiger partial charge in [-0.05, 0) is 38.0 Å². The summed E-state index contributed by atoms with van der Waals surface area (Å²) in [6.45, 7) is 3.47. The van der Waals surface area contributed by atoms with Crippen LogP contribution in [0.15, 0.2) is 18.2 Å². The molecule has 0 saturated carbocycles. The summed E-state index contributed by atoms with van der Waals surface area (Å²) in [6.07, 6.45) is 2.40. The van der Waals surface area contributed by atoms with E-state index in [-0.39, 0.29) is 6.10 Å². The molecule has 1 aliphatic heterocycles. The lowest BCUT2D eigenvalue weighted by Crippen LogP contribution is -2.18. The number of anilines is 1. The molecule has 0 bridgehead atoms. The number of nitrogens with one attached hydrogen (secondary N) is 1. The average Bonchev–Trinajstić information content (AvgIpc) is 3.09. The standard InChI is InChI=1S/C15H16F2N2OS/c1-9-14(10-4-5-12(16)13(17)7-10)19-15(21-9)18-8-11-3-2-6-20-11/h4-5,7,11H,2-3,6,8H2,1H3,(H,18,19). The van der Waals surface area contributed by atoms with Crippen LogP contribution in [0.5, 0.6) is 0 Å². The summed E-state index contributed by atoms with van der Waals surface area (Å²) in [7, 11) is 0. The van der Waals surface area contributed by atoms with Crippen LogP contribution >= 0.6 is 11.3 Å². The van der Waals surface area contributed by atoms with Crippen LogP contribution in [0.4, 0.5) is 13.9 Å². The molecule has 1 unspecified atom stereocenters. The molecule has 112 valence electrons. The van der Waals surface area contributed by atoms with Gasteiger partial charge in [-0.2, -0.15) is 0 Å².